The first-order valence-corrected chi connectivity index (χ1v) is 6.85. The summed E-state index contributed by atoms with van der Waals surface area (Å²) in [6.07, 6.45) is 3.62. The molecule has 4 nitrogen and oxygen atoms in total. The lowest BCUT2D eigenvalue weighted by Gasteiger charge is -2.35. The molecule has 0 radical (unpaired) electrons. The van der Waals surface area contributed by atoms with Gasteiger partial charge in [-0.25, -0.2) is 0 Å². The van der Waals surface area contributed by atoms with E-state index in [9.17, 15) is 9.90 Å². The van der Waals surface area contributed by atoms with Gasteiger partial charge in [0, 0.05) is 19.2 Å². The molecule has 4 heteroatoms. The van der Waals surface area contributed by atoms with Crippen LogP contribution in [0.25, 0.3) is 0 Å². The minimum absolute atomic E-state index is 0.0314. The molecule has 0 saturated carbocycles. The number of aromatic hydroxyl groups is 1. The molecule has 1 aliphatic heterocycles. The zero-order valence-corrected chi connectivity index (χ0v) is 11.3. The second kappa shape index (κ2) is 6.06. The zero-order chi connectivity index (χ0) is 13.8. The number of carbonyl (C=O) groups excluding carboxylic acids is 1. The first-order valence-electron chi connectivity index (χ1n) is 6.85. The highest BCUT2D eigenvalue weighted by Gasteiger charge is 2.28. The van der Waals surface area contributed by atoms with Crippen LogP contribution in [-0.2, 0) is 0 Å². The third-order valence-electron chi connectivity index (χ3n) is 3.73. The van der Waals surface area contributed by atoms with Crippen LogP contribution in [0.2, 0.25) is 0 Å². The standard InChI is InChI=1S/C15H21NO3/c1-11-5-6-14(18)13(10-11)15(19)16-8-3-2-4-12(16)7-9-17/h5-6,10,12,17-18H,2-4,7-9H2,1H3. The van der Waals surface area contributed by atoms with E-state index in [1.165, 1.54) is 0 Å². The van der Waals surface area contributed by atoms with Gasteiger partial charge >= 0.3 is 0 Å². The summed E-state index contributed by atoms with van der Waals surface area (Å²) in [6, 6.07) is 5.16. The fourth-order valence-corrected chi connectivity index (χ4v) is 2.69. The van der Waals surface area contributed by atoms with Gasteiger partial charge < -0.3 is 15.1 Å². The molecule has 104 valence electrons. The van der Waals surface area contributed by atoms with Crippen molar-refractivity contribution in [1.82, 2.24) is 4.90 Å². The van der Waals surface area contributed by atoms with Gasteiger partial charge in [-0.05, 0) is 44.7 Å². The molecule has 2 N–H and O–H groups in total. The Bertz CT molecular complexity index is 457. The number of aryl methyl sites for hydroxylation is 1. The smallest absolute Gasteiger partial charge is 0.257 e. The summed E-state index contributed by atoms with van der Waals surface area (Å²) in [5, 5.41) is 19.0. The number of likely N-dealkylation sites (tertiary alicyclic amines) is 1. The van der Waals surface area contributed by atoms with Gasteiger partial charge in [0.2, 0.25) is 0 Å². The van der Waals surface area contributed by atoms with Crippen LogP contribution in [0.1, 0.15) is 41.6 Å². The average molecular weight is 263 g/mol. The van der Waals surface area contributed by atoms with Crippen molar-refractivity contribution in [1.29, 1.82) is 0 Å². The van der Waals surface area contributed by atoms with Crippen molar-refractivity contribution in [3.8, 4) is 5.75 Å². The van der Waals surface area contributed by atoms with Crippen LogP contribution in [0.5, 0.6) is 5.75 Å². The highest BCUT2D eigenvalue weighted by molar-refractivity contribution is 5.97. The number of benzene rings is 1. The molecule has 1 heterocycles. The van der Waals surface area contributed by atoms with E-state index < -0.39 is 0 Å². The van der Waals surface area contributed by atoms with Crippen molar-refractivity contribution >= 4 is 5.91 Å². The average Bonchev–Trinajstić information content (AvgIpc) is 2.42. The number of carbonyl (C=O) groups is 1. The number of phenols is 1. The number of aliphatic hydroxyl groups is 1. The van der Waals surface area contributed by atoms with Crippen LogP contribution >= 0.6 is 0 Å². The van der Waals surface area contributed by atoms with Crippen LogP contribution in [0.3, 0.4) is 0 Å². The Labute approximate surface area is 113 Å². The summed E-state index contributed by atoms with van der Waals surface area (Å²) in [5.41, 5.74) is 1.32. The van der Waals surface area contributed by atoms with Crippen molar-refractivity contribution in [2.45, 2.75) is 38.6 Å². The third kappa shape index (κ3) is 3.07. The Morgan fingerprint density at radius 2 is 2.21 bits per heavy atom. The first-order chi connectivity index (χ1) is 9.13. The number of nitrogens with zero attached hydrogens (tertiary/aromatic N) is 1. The van der Waals surface area contributed by atoms with Crippen LogP contribution in [0.15, 0.2) is 18.2 Å². The molecule has 0 bridgehead atoms. The number of hydrogen-bond acceptors (Lipinski definition) is 3. The molecular weight excluding hydrogens is 242 g/mol. The lowest BCUT2D eigenvalue weighted by atomic mass is 9.98. The second-order valence-corrected chi connectivity index (χ2v) is 5.18. The summed E-state index contributed by atoms with van der Waals surface area (Å²) in [7, 11) is 0. The predicted molar refractivity (Wildman–Crippen MR) is 73.2 cm³/mol. The number of piperidine rings is 1. The van der Waals surface area contributed by atoms with E-state index in [2.05, 4.69) is 0 Å². The van der Waals surface area contributed by atoms with Gasteiger partial charge in [0.05, 0.1) is 5.56 Å². The number of amides is 1. The van der Waals surface area contributed by atoms with Crippen LogP contribution in [0.4, 0.5) is 0 Å². The first kappa shape index (κ1) is 13.9. The molecule has 1 atom stereocenters. The van der Waals surface area contributed by atoms with Gasteiger partial charge in [0.15, 0.2) is 0 Å². The number of phenolic OH excluding ortho intramolecular Hbond substituents is 1. The van der Waals surface area contributed by atoms with Gasteiger partial charge in [-0.1, -0.05) is 11.6 Å². The minimum Gasteiger partial charge on any atom is -0.507 e. The fourth-order valence-electron chi connectivity index (χ4n) is 2.69. The van der Waals surface area contributed by atoms with Gasteiger partial charge in [-0.3, -0.25) is 4.79 Å². The van der Waals surface area contributed by atoms with E-state index >= 15 is 0 Å². The molecule has 1 aromatic carbocycles. The van der Waals surface area contributed by atoms with Gasteiger partial charge in [0.1, 0.15) is 5.75 Å². The molecule has 2 rings (SSSR count). The highest BCUT2D eigenvalue weighted by Crippen LogP contribution is 2.26. The van der Waals surface area contributed by atoms with E-state index in [-0.39, 0.29) is 24.3 Å². The lowest BCUT2D eigenvalue weighted by Crippen LogP contribution is -2.44. The van der Waals surface area contributed by atoms with Crippen molar-refractivity contribution < 1.29 is 15.0 Å². The van der Waals surface area contributed by atoms with Gasteiger partial charge in [-0.15, -0.1) is 0 Å². The van der Waals surface area contributed by atoms with Gasteiger partial charge in [-0.2, -0.15) is 0 Å². The Hall–Kier alpha value is -1.55. The topological polar surface area (TPSA) is 60.8 Å². The van der Waals surface area contributed by atoms with Crippen molar-refractivity contribution in [2.75, 3.05) is 13.2 Å². The molecular formula is C15H21NO3. The zero-order valence-electron chi connectivity index (χ0n) is 11.3. The van der Waals surface area contributed by atoms with E-state index in [4.69, 9.17) is 5.11 Å². The molecule has 1 unspecified atom stereocenters. The molecule has 19 heavy (non-hydrogen) atoms. The molecule has 1 amide bonds. The quantitative estimate of drug-likeness (QED) is 0.877. The number of hydrogen-bond donors (Lipinski definition) is 2. The maximum Gasteiger partial charge on any atom is 0.257 e. The molecule has 1 saturated heterocycles. The predicted octanol–water partition coefficient (Wildman–Crippen LogP) is 2.08. The maximum atomic E-state index is 12.5. The molecule has 0 aromatic heterocycles. The van der Waals surface area contributed by atoms with E-state index in [0.717, 1.165) is 24.8 Å². The largest absolute Gasteiger partial charge is 0.507 e. The highest BCUT2D eigenvalue weighted by atomic mass is 16.3. The van der Waals surface area contributed by atoms with Crippen LogP contribution in [0, 0.1) is 6.92 Å². The monoisotopic (exact) mass is 263 g/mol. The summed E-state index contributed by atoms with van der Waals surface area (Å²) in [4.78, 5) is 14.3. The van der Waals surface area contributed by atoms with E-state index in [1.807, 2.05) is 6.92 Å². The number of rotatable bonds is 3. The van der Waals surface area contributed by atoms with E-state index in [0.29, 0.717) is 18.5 Å². The third-order valence-corrected chi connectivity index (χ3v) is 3.73. The van der Waals surface area contributed by atoms with Crippen molar-refractivity contribution in [3.05, 3.63) is 29.3 Å². The normalized spacial score (nSPS) is 19.5. The summed E-state index contributed by atoms with van der Waals surface area (Å²) in [6.45, 7) is 2.70. The molecule has 1 fully saturated rings. The molecule has 1 aromatic rings. The van der Waals surface area contributed by atoms with Gasteiger partial charge in [0.25, 0.3) is 5.91 Å². The second-order valence-electron chi connectivity index (χ2n) is 5.18. The summed E-state index contributed by atoms with van der Waals surface area (Å²) >= 11 is 0. The summed E-state index contributed by atoms with van der Waals surface area (Å²) in [5.74, 6) is -0.0942. The Balaban J connectivity index is 2.23. The Morgan fingerprint density at radius 3 is 2.95 bits per heavy atom. The molecule has 0 spiro atoms. The van der Waals surface area contributed by atoms with Crippen LogP contribution < -0.4 is 0 Å². The minimum atomic E-state index is -0.126. The Morgan fingerprint density at radius 1 is 1.42 bits per heavy atom. The SMILES string of the molecule is Cc1ccc(O)c(C(=O)N2CCCCC2CCO)c1. The van der Waals surface area contributed by atoms with Crippen molar-refractivity contribution in [2.24, 2.45) is 0 Å². The molecule has 1 aliphatic rings. The lowest BCUT2D eigenvalue weighted by molar-refractivity contribution is 0.0571. The maximum absolute atomic E-state index is 12.5. The van der Waals surface area contributed by atoms with Crippen molar-refractivity contribution in [3.63, 3.8) is 0 Å². The van der Waals surface area contributed by atoms with Crippen LogP contribution in [-0.4, -0.2) is 40.2 Å². The Kier molecular flexibility index (Phi) is 4.43. The fraction of sp³-hybridized carbons (Fsp3) is 0.533. The number of aliphatic hydroxyl groups excluding tert-OH is 1. The summed E-state index contributed by atoms with van der Waals surface area (Å²) < 4.78 is 0. The van der Waals surface area contributed by atoms with E-state index in [1.54, 1.807) is 23.1 Å². The molecule has 0 aliphatic carbocycles.